The summed E-state index contributed by atoms with van der Waals surface area (Å²) in [5, 5.41) is 6.15. The second-order valence-corrected chi connectivity index (χ2v) is 5.48. The van der Waals surface area contributed by atoms with E-state index in [1.54, 1.807) is 12.4 Å². The molecule has 1 aromatic rings. The number of anilines is 1. The molecule has 0 unspecified atom stereocenters. The maximum atomic E-state index is 12.0. The van der Waals surface area contributed by atoms with E-state index in [1.807, 2.05) is 14.1 Å². The summed E-state index contributed by atoms with van der Waals surface area (Å²) in [6.07, 6.45) is 7.73. The Balaban J connectivity index is 1.82. The maximum absolute atomic E-state index is 12.0. The second-order valence-electron chi connectivity index (χ2n) is 5.48. The molecule has 2 N–H and O–H groups in total. The number of nitrogens with zero attached hydrogens (tertiary/aromatic N) is 3. The van der Waals surface area contributed by atoms with E-state index >= 15 is 0 Å². The van der Waals surface area contributed by atoms with Crippen LogP contribution in [0.5, 0.6) is 0 Å². The van der Waals surface area contributed by atoms with Crippen LogP contribution in [0, 0.1) is 0 Å². The summed E-state index contributed by atoms with van der Waals surface area (Å²) >= 11 is 0. The Bertz CT molecular complexity index is 426. The van der Waals surface area contributed by atoms with Crippen molar-refractivity contribution in [1.29, 1.82) is 0 Å². The Morgan fingerprint density at radius 3 is 2.55 bits per heavy atom. The smallest absolute Gasteiger partial charge is 0.254 e. The number of rotatable bonds is 6. The SMILES string of the molecule is CN(C)CCNc1ncc(C(=O)NC2CCCC2)cn1. The van der Waals surface area contributed by atoms with Gasteiger partial charge in [0.05, 0.1) is 5.56 Å². The molecule has 20 heavy (non-hydrogen) atoms. The van der Waals surface area contributed by atoms with Crippen molar-refractivity contribution in [1.82, 2.24) is 20.2 Å². The third-order valence-corrected chi connectivity index (χ3v) is 3.45. The second kappa shape index (κ2) is 7.19. The Hall–Kier alpha value is -1.69. The fraction of sp³-hybridized carbons (Fsp3) is 0.643. The molecule has 110 valence electrons. The van der Waals surface area contributed by atoms with Crippen LogP contribution in [0.1, 0.15) is 36.0 Å². The van der Waals surface area contributed by atoms with Crippen molar-refractivity contribution >= 4 is 11.9 Å². The minimum atomic E-state index is -0.0725. The van der Waals surface area contributed by atoms with Gasteiger partial charge in [0.15, 0.2) is 0 Å². The Kier molecular flexibility index (Phi) is 5.29. The van der Waals surface area contributed by atoms with Crippen molar-refractivity contribution in [2.45, 2.75) is 31.7 Å². The summed E-state index contributed by atoms with van der Waals surface area (Å²) in [7, 11) is 4.03. The minimum absolute atomic E-state index is 0.0725. The van der Waals surface area contributed by atoms with Crippen LogP contribution in [0.3, 0.4) is 0 Å². The zero-order valence-electron chi connectivity index (χ0n) is 12.2. The normalized spacial score (nSPS) is 15.6. The average Bonchev–Trinajstić information content (AvgIpc) is 2.92. The lowest BCUT2D eigenvalue weighted by atomic mass is 10.2. The van der Waals surface area contributed by atoms with Gasteiger partial charge < -0.3 is 15.5 Å². The van der Waals surface area contributed by atoms with E-state index in [9.17, 15) is 4.79 Å². The van der Waals surface area contributed by atoms with E-state index in [0.717, 1.165) is 25.9 Å². The third kappa shape index (κ3) is 4.45. The molecule has 0 bridgehead atoms. The topological polar surface area (TPSA) is 70.2 Å². The molecule has 2 rings (SSSR count). The lowest BCUT2D eigenvalue weighted by Crippen LogP contribution is -2.32. The Morgan fingerprint density at radius 2 is 1.95 bits per heavy atom. The molecule has 0 spiro atoms. The lowest BCUT2D eigenvalue weighted by Gasteiger charge is -2.12. The third-order valence-electron chi connectivity index (χ3n) is 3.45. The molecule has 0 aromatic carbocycles. The van der Waals surface area contributed by atoms with Crippen LogP contribution in [0.2, 0.25) is 0 Å². The van der Waals surface area contributed by atoms with Crippen molar-refractivity contribution in [2.75, 3.05) is 32.5 Å². The summed E-state index contributed by atoms with van der Waals surface area (Å²) in [6, 6.07) is 0.320. The molecule has 0 atom stereocenters. The summed E-state index contributed by atoms with van der Waals surface area (Å²) in [4.78, 5) is 22.4. The molecule has 1 amide bonds. The highest BCUT2D eigenvalue weighted by molar-refractivity contribution is 5.93. The van der Waals surface area contributed by atoms with Crippen molar-refractivity contribution in [3.05, 3.63) is 18.0 Å². The summed E-state index contributed by atoms with van der Waals surface area (Å²) in [5.41, 5.74) is 0.523. The van der Waals surface area contributed by atoms with Gasteiger partial charge in [0.2, 0.25) is 5.95 Å². The zero-order chi connectivity index (χ0) is 14.4. The van der Waals surface area contributed by atoms with Crippen molar-refractivity contribution in [3.63, 3.8) is 0 Å². The summed E-state index contributed by atoms with van der Waals surface area (Å²) in [5.74, 6) is 0.487. The number of carbonyl (C=O) groups is 1. The van der Waals surface area contributed by atoms with Crippen molar-refractivity contribution < 1.29 is 4.79 Å². The van der Waals surface area contributed by atoms with Crippen molar-refractivity contribution in [2.24, 2.45) is 0 Å². The van der Waals surface area contributed by atoms with E-state index in [-0.39, 0.29) is 5.91 Å². The van der Waals surface area contributed by atoms with Gasteiger partial charge in [0.1, 0.15) is 0 Å². The van der Waals surface area contributed by atoms with Crippen LogP contribution in [-0.4, -0.2) is 54.0 Å². The fourth-order valence-corrected chi connectivity index (χ4v) is 2.27. The molecule has 1 saturated carbocycles. The molecule has 6 heteroatoms. The van der Waals surface area contributed by atoms with Gasteiger partial charge in [-0.1, -0.05) is 12.8 Å². The molecular weight excluding hydrogens is 254 g/mol. The van der Waals surface area contributed by atoms with Gasteiger partial charge >= 0.3 is 0 Å². The monoisotopic (exact) mass is 277 g/mol. The van der Waals surface area contributed by atoms with Gasteiger partial charge in [-0.25, -0.2) is 9.97 Å². The molecule has 0 saturated heterocycles. The maximum Gasteiger partial charge on any atom is 0.254 e. The molecule has 1 heterocycles. The van der Waals surface area contributed by atoms with Gasteiger partial charge in [-0.2, -0.15) is 0 Å². The average molecular weight is 277 g/mol. The molecule has 1 aliphatic rings. The van der Waals surface area contributed by atoms with Crippen LogP contribution in [0.25, 0.3) is 0 Å². The Morgan fingerprint density at radius 1 is 1.30 bits per heavy atom. The molecule has 1 aromatic heterocycles. The predicted molar refractivity (Wildman–Crippen MR) is 78.8 cm³/mol. The highest BCUT2D eigenvalue weighted by Crippen LogP contribution is 2.18. The molecule has 0 aliphatic heterocycles. The van der Waals surface area contributed by atoms with E-state index in [4.69, 9.17) is 0 Å². The largest absolute Gasteiger partial charge is 0.353 e. The molecular formula is C14H23N5O. The number of amides is 1. The standard InChI is InChI=1S/C14H23N5O/c1-19(2)8-7-15-14-16-9-11(10-17-14)13(20)18-12-5-3-4-6-12/h9-10,12H,3-8H2,1-2H3,(H,18,20)(H,15,16,17). The van der Waals surface area contributed by atoms with E-state index < -0.39 is 0 Å². The van der Waals surface area contributed by atoms with Gasteiger partial charge in [-0.3, -0.25) is 4.79 Å². The predicted octanol–water partition coefficient (Wildman–Crippen LogP) is 1.12. The first-order valence-electron chi connectivity index (χ1n) is 7.16. The van der Waals surface area contributed by atoms with Crippen LogP contribution in [0.4, 0.5) is 5.95 Å². The highest BCUT2D eigenvalue weighted by atomic mass is 16.1. The van der Waals surface area contributed by atoms with Gasteiger partial charge in [-0.15, -0.1) is 0 Å². The van der Waals surface area contributed by atoms with Gasteiger partial charge in [-0.05, 0) is 26.9 Å². The zero-order valence-corrected chi connectivity index (χ0v) is 12.2. The van der Waals surface area contributed by atoms with E-state index in [1.165, 1.54) is 12.8 Å². The number of aromatic nitrogens is 2. The van der Waals surface area contributed by atoms with E-state index in [2.05, 4.69) is 25.5 Å². The number of hydrogen-bond donors (Lipinski definition) is 2. The lowest BCUT2D eigenvalue weighted by molar-refractivity contribution is 0.0937. The number of nitrogens with one attached hydrogen (secondary N) is 2. The first-order chi connectivity index (χ1) is 9.65. The minimum Gasteiger partial charge on any atom is -0.353 e. The van der Waals surface area contributed by atoms with Gasteiger partial charge in [0.25, 0.3) is 5.91 Å². The summed E-state index contributed by atoms with van der Waals surface area (Å²) < 4.78 is 0. The van der Waals surface area contributed by atoms with Crippen LogP contribution < -0.4 is 10.6 Å². The molecule has 6 nitrogen and oxygen atoms in total. The molecule has 1 aliphatic carbocycles. The van der Waals surface area contributed by atoms with E-state index in [0.29, 0.717) is 17.6 Å². The van der Waals surface area contributed by atoms with Crippen LogP contribution in [-0.2, 0) is 0 Å². The first kappa shape index (κ1) is 14.7. The van der Waals surface area contributed by atoms with Crippen LogP contribution in [0.15, 0.2) is 12.4 Å². The van der Waals surface area contributed by atoms with Gasteiger partial charge in [0, 0.05) is 31.5 Å². The fourth-order valence-electron chi connectivity index (χ4n) is 2.27. The highest BCUT2D eigenvalue weighted by Gasteiger charge is 2.18. The quantitative estimate of drug-likeness (QED) is 0.815. The molecule has 0 radical (unpaired) electrons. The van der Waals surface area contributed by atoms with Crippen LogP contribution >= 0.6 is 0 Å². The number of likely N-dealkylation sites (N-methyl/N-ethyl adjacent to an activating group) is 1. The molecule has 1 fully saturated rings. The first-order valence-corrected chi connectivity index (χ1v) is 7.16. The number of carbonyl (C=O) groups excluding carboxylic acids is 1. The number of hydrogen-bond acceptors (Lipinski definition) is 5. The summed E-state index contributed by atoms with van der Waals surface area (Å²) in [6.45, 7) is 1.69. The van der Waals surface area contributed by atoms with Crippen molar-refractivity contribution in [3.8, 4) is 0 Å². The Labute approximate surface area is 120 Å².